The van der Waals surface area contributed by atoms with Crippen LogP contribution in [0.1, 0.15) is 17.8 Å². The highest BCUT2D eigenvalue weighted by molar-refractivity contribution is 7.15. The molecule has 0 bridgehead atoms. The minimum atomic E-state index is -0.541. The zero-order valence-electron chi connectivity index (χ0n) is 9.62. The van der Waals surface area contributed by atoms with Gasteiger partial charge in [-0.15, -0.1) is 11.3 Å². The monoisotopic (exact) mass is 266 g/mol. The number of rotatable bonds is 4. The van der Waals surface area contributed by atoms with Crippen LogP contribution >= 0.6 is 11.3 Å². The van der Waals surface area contributed by atoms with E-state index in [0.29, 0.717) is 17.5 Å². The van der Waals surface area contributed by atoms with Crippen LogP contribution in [0.25, 0.3) is 10.4 Å². The Morgan fingerprint density at radius 2 is 2.00 bits per heavy atom. The van der Waals surface area contributed by atoms with Crippen molar-refractivity contribution < 1.29 is 8.78 Å². The fraction of sp³-hybridized carbons (Fsp3) is 0.308. The van der Waals surface area contributed by atoms with Gasteiger partial charge in [-0.1, -0.05) is 6.07 Å². The molecular formula is C13H12F2N2S. The van der Waals surface area contributed by atoms with Crippen molar-refractivity contribution in [3.05, 3.63) is 41.0 Å². The van der Waals surface area contributed by atoms with Gasteiger partial charge in [0.2, 0.25) is 0 Å². The summed E-state index contributed by atoms with van der Waals surface area (Å²) in [6.07, 6.45) is 3.95. The number of nitrogens with zero attached hydrogens (tertiary/aromatic N) is 1. The predicted octanol–water partition coefficient (Wildman–Crippen LogP) is 3.34. The fourth-order valence-electron chi connectivity index (χ4n) is 1.76. The van der Waals surface area contributed by atoms with Crippen LogP contribution in [0.5, 0.6) is 0 Å². The van der Waals surface area contributed by atoms with Crippen LogP contribution in [0, 0.1) is 11.6 Å². The number of hydrogen-bond donors (Lipinski definition) is 1. The molecule has 0 spiro atoms. The predicted molar refractivity (Wildman–Crippen MR) is 67.3 cm³/mol. The van der Waals surface area contributed by atoms with E-state index in [1.807, 2.05) is 0 Å². The molecule has 0 radical (unpaired) electrons. The SMILES string of the molecule is Fc1cccc(F)c1-c1cnc(CNC2CC2)s1. The van der Waals surface area contributed by atoms with Crippen molar-refractivity contribution in [3.63, 3.8) is 0 Å². The van der Waals surface area contributed by atoms with Crippen LogP contribution in [0.15, 0.2) is 24.4 Å². The lowest BCUT2D eigenvalue weighted by molar-refractivity contribution is 0.590. The third kappa shape index (κ3) is 2.42. The van der Waals surface area contributed by atoms with Crippen molar-refractivity contribution in [3.8, 4) is 10.4 Å². The van der Waals surface area contributed by atoms with Gasteiger partial charge in [-0.25, -0.2) is 13.8 Å². The zero-order chi connectivity index (χ0) is 12.5. The minimum absolute atomic E-state index is 0.0210. The maximum atomic E-state index is 13.6. The first kappa shape index (κ1) is 11.7. The molecule has 3 rings (SSSR count). The van der Waals surface area contributed by atoms with Crippen LogP contribution < -0.4 is 5.32 Å². The van der Waals surface area contributed by atoms with Gasteiger partial charge in [-0.3, -0.25) is 0 Å². The van der Waals surface area contributed by atoms with Gasteiger partial charge >= 0.3 is 0 Å². The molecule has 1 aromatic heterocycles. The van der Waals surface area contributed by atoms with Gasteiger partial charge in [0.1, 0.15) is 16.6 Å². The highest BCUT2D eigenvalue weighted by Gasteiger charge is 2.21. The van der Waals surface area contributed by atoms with Gasteiger partial charge in [-0.05, 0) is 25.0 Å². The maximum Gasteiger partial charge on any atom is 0.134 e. The van der Waals surface area contributed by atoms with Gasteiger partial charge in [0.25, 0.3) is 0 Å². The van der Waals surface area contributed by atoms with Gasteiger partial charge in [0.05, 0.1) is 10.4 Å². The first-order chi connectivity index (χ1) is 8.74. The molecule has 1 saturated carbocycles. The van der Waals surface area contributed by atoms with E-state index in [0.717, 1.165) is 5.01 Å². The second-order valence-corrected chi connectivity index (χ2v) is 5.49. The minimum Gasteiger partial charge on any atom is -0.308 e. The van der Waals surface area contributed by atoms with Crippen LogP contribution in [-0.2, 0) is 6.54 Å². The van der Waals surface area contributed by atoms with E-state index in [-0.39, 0.29) is 5.56 Å². The van der Waals surface area contributed by atoms with Crippen molar-refractivity contribution in [1.82, 2.24) is 10.3 Å². The van der Waals surface area contributed by atoms with Crippen molar-refractivity contribution in [1.29, 1.82) is 0 Å². The number of halogens is 2. The normalized spacial score (nSPS) is 15.0. The summed E-state index contributed by atoms with van der Waals surface area (Å²) in [5, 5.41) is 4.19. The molecule has 18 heavy (non-hydrogen) atoms. The van der Waals surface area contributed by atoms with Crippen LogP contribution in [0.2, 0.25) is 0 Å². The van der Waals surface area contributed by atoms with Gasteiger partial charge in [0.15, 0.2) is 0 Å². The second-order valence-electron chi connectivity index (χ2n) is 4.37. The first-order valence-electron chi connectivity index (χ1n) is 5.86. The Labute approximate surface area is 108 Å². The highest BCUT2D eigenvalue weighted by atomic mass is 32.1. The van der Waals surface area contributed by atoms with Crippen molar-refractivity contribution in [2.24, 2.45) is 0 Å². The van der Waals surface area contributed by atoms with Gasteiger partial charge in [0, 0.05) is 18.8 Å². The summed E-state index contributed by atoms with van der Waals surface area (Å²) in [6, 6.07) is 4.49. The molecule has 0 saturated heterocycles. The molecule has 1 fully saturated rings. The molecule has 2 nitrogen and oxygen atoms in total. The summed E-state index contributed by atoms with van der Waals surface area (Å²) in [5.41, 5.74) is 0.0210. The largest absolute Gasteiger partial charge is 0.308 e. The number of nitrogens with one attached hydrogen (secondary N) is 1. The zero-order valence-corrected chi connectivity index (χ0v) is 10.4. The molecule has 0 amide bonds. The van der Waals surface area contributed by atoms with Crippen molar-refractivity contribution in [2.75, 3.05) is 0 Å². The quantitative estimate of drug-likeness (QED) is 0.918. The van der Waals surface area contributed by atoms with Crippen LogP contribution in [-0.4, -0.2) is 11.0 Å². The lowest BCUT2D eigenvalue weighted by Gasteiger charge is -2.00. The number of hydrogen-bond acceptors (Lipinski definition) is 3. The summed E-state index contributed by atoms with van der Waals surface area (Å²) in [4.78, 5) is 4.74. The molecule has 1 aromatic carbocycles. The number of aromatic nitrogens is 1. The second kappa shape index (κ2) is 4.74. The molecule has 1 aliphatic rings. The topological polar surface area (TPSA) is 24.9 Å². The van der Waals surface area contributed by atoms with Crippen LogP contribution in [0.4, 0.5) is 8.78 Å². The lowest BCUT2D eigenvalue weighted by Crippen LogP contribution is -2.14. The average molecular weight is 266 g/mol. The molecule has 0 aliphatic heterocycles. The molecule has 1 aliphatic carbocycles. The van der Waals surface area contributed by atoms with E-state index in [9.17, 15) is 8.78 Å². The average Bonchev–Trinajstić information content (AvgIpc) is 3.06. The van der Waals surface area contributed by atoms with E-state index in [1.54, 1.807) is 0 Å². The van der Waals surface area contributed by atoms with E-state index < -0.39 is 11.6 Å². The summed E-state index contributed by atoms with van der Waals surface area (Å²) >= 11 is 1.33. The van der Waals surface area contributed by atoms with Crippen molar-refractivity contribution in [2.45, 2.75) is 25.4 Å². The van der Waals surface area contributed by atoms with Gasteiger partial charge in [-0.2, -0.15) is 0 Å². The summed E-state index contributed by atoms with van der Waals surface area (Å²) < 4.78 is 27.2. The molecule has 0 unspecified atom stereocenters. The van der Waals surface area contributed by atoms with Crippen LogP contribution in [0.3, 0.4) is 0 Å². The van der Waals surface area contributed by atoms with E-state index in [2.05, 4.69) is 10.3 Å². The standard InChI is InChI=1S/C13H12F2N2S/c14-9-2-1-3-10(15)13(9)11-6-17-12(18-11)7-16-8-4-5-8/h1-3,6,8,16H,4-5,7H2. The smallest absolute Gasteiger partial charge is 0.134 e. The molecule has 0 atom stereocenters. The highest BCUT2D eigenvalue weighted by Crippen LogP contribution is 2.31. The van der Waals surface area contributed by atoms with E-state index in [4.69, 9.17) is 0 Å². The Kier molecular flexibility index (Phi) is 3.09. The fourth-order valence-corrected chi connectivity index (χ4v) is 2.68. The summed E-state index contributed by atoms with van der Waals surface area (Å²) in [5.74, 6) is -1.08. The lowest BCUT2D eigenvalue weighted by atomic mass is 10.2. The summed E-state index contributed by atoms with van der Waals surface area (Å²) in [7, 11) is 0. The maximum absolute atomic E-state index is 13.6. The molecule has 2 aromatic rings. The Morgan fingerprint density at radius 3 is 2.67 bits per heavy atom. The third-order valence-electron chi connectivity index (χ3n) is 2.88. The van der Waals surface area contributed by atoms with E-state index in [1.165, 1.54) is 48.6 Å². The van der Waals surface area contributed by atoms with Gasteiger partial charge < -0.3 is 5.32 Å². The molecule has 1 heterocycles. The molecule has 1 N–H and O–H groups in total. The number of benzene rings is 1. The molecule has 5 heteroatoms. The Morgan fingerprint density at radius 1 is 1.28 bits per heavy atom. The Balaban J connectivity index is 1.83. The Bertz CT molecular complexity index is 544. The van der Waals surface area contributed by atoms with Crippen molar-refractivity contribution >= 4 is 11.3 Å². The molecular weight excluding hydrogens is 254 g/mol. The van der Waals surface area contributed by atoms with E-state index >= 15 is 0 Å². The summed E-state index contributed by atoms with van der Waals surface area (Å²) in [6.45, 7) is 0.672. The molecule has 94 valence electrons. The first-order valence-corrected chi connectivity index (χ1v) is 6.68. The number of thiazole rings is 1. The third-order valence-corrected chi connectivity index (χ3v) is 3.90. The Hall–Kier alpha value is -1.33.